The number of rotatable bonds is 6. The average Bonchev–Trinajstić information content (AvgIpc) is 3.06. The molecule has 34 heavy (non-hydrogen) atoms. The van der Waals surface area contributed by atoms with E-state index in [1.165, 1.54) is 0 Å². The number of hydrogen-bond donors (Lipinski definition) is 3. The molecule has 7 nitrogen and oxygen atoms in total. The van der Waals surface area contributed by atoms with Crippen molar-refractivity contribution in [1.29, 1.82) is 0 Å². The van der Waals surface area contributed by atoms with Gasteiger partial charge in [-0.15, -0.1) is 0 Å². The third kappa shape index (κ3) is 5.41. The fourth-order valence-corrected chi connectivity index (χ4v) is 4.31. The van der Waals surface area contributed by atoms with Crippen molar-refractivity contribution < 1.29 is 24.2 Å². The van der Waals surface area contributed by atoms with Gasteiger partial charge in [0.15, 0.2) is 0 Å². The van der Waals surface area contributed by atoms with Crippen LogP contribution in [0, 0.1) is 10.8 Å². The number of alkyl carbamates (subject to hydrolysis) is 1. The van der Waals surface area contributed by atoms with Crippen molar-refractivity contribution in [2.75, 3.05) is 6.61 Å². The molecule has 0 aliphatic heterocycles. The molecule has 0 saturated heterocycles. The first-order valence-corrected chi connectivity index (χ1v) is 11.5. The van der Waals surface area contributed by atoms with Gasteiger partial charge in [0.2, 0.25) is 5.91 Å². The molecular formula is C27H34N2O5. The van der Waals surface area contributed by atoms with Crippen LogP contribution in [-0.4, -0.2) is 41.8 Å². The predicted molar refractivity (Wildman–Crippen MR) is 130 cm³/mol. The normalized spacial score (nSPS) is 15.0. The molecule has 1 aliphatic carbocycles. The number of ether oxygens (including phenoxy) is 1. The zero-order valence-corrected chi connectivity index (χ0v) is 20.6. The third-order valence-corrected chi connectivity index (χ3v) is 6.13. The Labute approximate surface area is 200 Å². The maximum atomic E-state index is 13.0. The lowest BCUT2D eigenvalue weighted by molar-refractivity contribution is -0.145. The van der Waals surface area contributed by atoms with Crippen molar-refractivity contribution in [2.24, 2.45) is 10.8 Å². The van der Waals surface area contributed by atoms with Crippen LogP contribution in [0.15, 0.2) is 48.5 Å². The van der Waals surface area contributed by atoms with Gasteiger partial charge in [-0.05, 0) is 33.1 Å². The van der Waals surface area contributed by atoms with Gasteiger partial charge in [0.1, 0.15) is 18.7 Å². The zero-order chi connectivity index (χ0) is 25.3. The second-order valence-electron chi connectivity index (χ2n) is 10.9. The summed E-state index contributed by atoms with van der Waals surface area (Å²) in [6.45, 7) is 10.7. The Kier molecular flexibility index (Phi) is 7.05. The van der Waals surface area contributed by atoms with Crippen LogP contribution in [0.4, 0.5) is 4.79 Å². The molecule has 0 bridgehead atoms. The Morgan fingerprint density at radius 3 is 1.74 bits per heavy atom. The molecule has 2 amide bonds. The number of nitrogens with one attached hydrogen (secondary N) is 2. The Hall–Kier alpha value is -3.35. The molecule has 0 spiro atoms. The smallest absolute Gasteiger partial charge is 0.407 e. The number of carboxylic acids is 1. The molecular weight excluding hydrogens is 432 g/mol. The quantitative estimate of drug-likeness (QED) is 0.579. The van der Waals surface area contributed by atoms with E-state index in [1.54, 1.807) is 41.5 Å². The van der Waals surface area contributed by atoms with Gasteiger partial charge in [0.05, 0.1) is 0 Å². The maximum absolute atomic E-state index is 13.0. The first-order chi connectivity index (χ1) is 15.8. The van der Waals surface area contributed by atoms with Gasteiger partial charge in [-0.2, -0.15) is 0 Å². The number of fused-ring (bicyclic) bond motifs is 3. The van der Waals surface area contributed by atoms with Crippen molar-refractivity contribution in [1.82, 2.24) is 10.6 Å². The van der Waals surface area contributed by atoms with E-state index in [1.807, 2.05) is 36.4 Å². The van der Waals surface area contributed by atoms with Crippen LogP contribution in [0.25, 0.3) is 11.1 Å². The van der Waals surface area contributed by atoms with Crippen LogP contribution in [0.5, 0.6) is 0 Å². The maximum Gasteiger partial charge on any atom is 0.407 e. The molecule has 0 heterocycles. The molecule has 0 radical (unpaired) electrons. The Morgan fingerprint density at radius 1 is 0.824 bits per heavy atom. The van der Waals surface area contributed by atoms with Crippen LogP contribution >= 0.6 is 0 Å². The SMILES string of the molecule is CC(C)(C)[C@H](NC(=O)OCC1c2ccccc2-c2ccccc21)C(=O)N[C@@H](C(=O)O)C(C)(C)C. The van der Waals surface area contributed by atoms with Gasteiger partial charge in [0.25, 0.3) is 0 Å². The first kappa shape index (κ1) is 25.3. The molecule has 0 fully saturated rings. The van der Waals surface area contributed by atoms with E-state index in [2.05, 4.69) is 22.8 Å². The van der Waals surface area contributed by atoms with Crippen LogP contribution in [0.2, 0.25) is 0 Å². The highest BCUT2D eigenvalue weighted by Gasteiger charge is 2.39. The van der Waals surface area contributed by atoms with E-state index in [0.29, 0.717) is 0 Å². The number of benzene rings is 2. The lowest BCUT2D eigenvalue weighted by Gasteiger charge is -2.34. The van der Waals surface area contributed by atoms with Crippen LogP contribution in [0.3, 0.4) is 0 Å². The van der Waals surface area contributed by atoms with Gasteiger partial charge in [0, 0.05) is 5.92 Å². The molecule has 182 valence electrons. The molecule has 3 N–H and O–H groups in total. The number of carbonyl (C=O) groups is 3. The van der Waals surface area contributed by atoms with E-state index < -0.39 is 40.9 Å². The summed E-state index contributed by atoms with van der Waals surface area (Å²) in [5, 5.41) is 14.8. The minimum Gasteiger partial charge on any atom is -0.480 e. The minimum atomic E-state index is -1.13. The van der Waals surface area contributed by atoms with E-state index in [4.69, 9.17) is 4.74 Å². The monoisotopic (exact) mass is 466 g/mol. The fraction of sp³-hybridized carbons (Fsp3) is 0.444. The molecule has 0 unspecified atom stereocenters. The summed E-state index contributed by atoms with van der Waals surface area (Å²) in [5.74, 6) is -1.80. The number of aliphatic carboxylic acids is 1. The van der Waals surface area contributed by atoms with E-state index in [0.717, 1.165) is 22.3 Å². The number of carbonyl (C=O) groups excluding carboxylic acids is 2. The Balaban J connectivity index is 1.72. The fourth-order valence-electron chi connectivity index (χ4n) is 4.31. The van der Waals surface area contributed by atoms with Gasteiger partial charge in [-0.25, -0.2) is 9.59 Å². The van der Waals surface area contributed by atoms with E-state index in [-0.39, 0.29) is 12.5 Å². The number of carboxylic acid groups (broad SMARTS) is 1. The molecule has 3 rings (SSSR count). The summed E-state index contributed by atoms with van der Waals surface area (Å²) in [7, 11) is 0. The molecule has 2 aromatic carbocycles. The van der Waals surface area contributed by atoms with Crippen molar-refractivity contribution in [3.8, 4) is 11.1 Å². The first-order valence-electron chi connectivity index (χ1n) is 11.5. The van der Waals surface area contributed by atoms with Crippen LogP contribution < -0.4 is 10.6 Å². The summed E-state index contributed by atoms with van der Waals surface area (Å²) in [4.78, 5) is 37.5. The zero-order valence-electron chi connectivity index (χ0n) is 20.6. The van der Waals surface area contributed by atoms with Crippen LogP contribution in [-0.2, 0) is 14.3 Å². The third-order valence-electron chi connectivity index (χ3n) is 6.13. The largest absolute Gasteiger partial charge is 0.480 e. The molecule has 0 saturated carbocycles. The van der Waals surface area contributed by atoms with Crippen molar-refractivity contribution >= 4 is 18.0 Å². The van der Waals surface area contributed by atoms with Gasteiger partial charge >= 0.3 is 12.1 Å². The molecule has 2 atom stereocenters. The average molecular weight is 467 g/mol. The summed E-state index contributed by atoms with van der Waals surface area (Å²) in [5.41, 5.74) is 3.07. The second kappa shape index (κ2) is 9.49. The van der Waals surface area contributed by atoms with Crippen molar-refractivity contribution in [2.45, 2.75) is 59.5 Å². The summed E-state index contributed by atoms with van der Waals surface area (Å²) in [6, 6.07) is 14.0. The summed E-state index contributed by atoms with van der Waals surface area (Å²) < 4.78 is 5.59. The minimum absolute atomic E-state index is 0.0997. The lowest BCUT2D eigenvalue weighted by Crippen LogP contribution is -2.59. The number of hydrogen-bond acceptors (Lipinski definition) is 4. The van der Waals surface area contributed by atoms with Gasteiger partial charge in [-0.3, -0.25) is 4.79 Å². The highest BCUT2D eigenvalue weighted by atomic mass is 16.5. The van der Waals surface area contributed by atoms with E-state index in [9.17, 15) is 19.5 Å². The predicted octanol–water partition coefficient (Wildman–Crippen LogP) is 4.56. The Bertz CT molecular complexity index is 1040. The van der Waals surface area contributed by atoms with Crippen LogP contribution in [0.1, 0.15) is 58.6 Å². The standard InChI is InChI=1S/C27H34N2O5/c1-26(2,3)21(23(30)28-22(24(31)32)27(4,5)6)29-25(33)34-15-20-18-13-9-7-11-16(18)17-12-8-10-14-19(17)20/h7-14,20-22H,15H2,1-6H3,(H,28,30)(H,29,33)(H,31,32)/t21-,22+/m1/s1. The topological polar surface area (TPSA) is 105 Å². The molecule has 2 aromatic rings. The Morgan fingerprint density at radius 2 is 1.29 bits per heavy atom. The molecule has 7 heteroatoms. The van der Waals surface area contributed by atoms with Gasteiger partial charge in [-0.1, -0.05) is 90.1 Å². The number of amides is 2. The summed E-state index contributed by atoms with van der Waals surface area (Å²) in [6.07, 6.45) is -0.723. The lowest BCUT2D eigenvalue weighted by atomic mass is 9.83. The molecule has 1 aliphatic rings. The van der Waals surface area contributed by atoms with Crippen molar-refractivity contribution in [3.05, 3.63) is 59.7 Å². The van der Waals surface area contributed by atoms with Gasteiger partial charge < -0.3 is 20.5 Å². The van der Waals surface area contributed by atoms with E-state index >= 15 is 0 Å². The summed E-state index contributed by atoms with van der Waals surface area (Å²) >= 11 is 0. The highest BCUT2D eigenvalue weighted by molar-refractivity contribution is 5.90. The van der Waals surface area contributed by atoms with Crippen molar-refractivity contribution in [3.63, 3.8) is 0 Å². The highest BCUT2D eigenvalue weighted by Crippen LogP contribution is 2.44. The molecule has 0 aromatic heterocycles. The second-order valence-corrected chi connectivity index (χ2v) is 10.9.